The Kier molecular flexibility index (Phi) is 7.16. The minimum Gasteiger partial charge on any atom is -0.388 e. The van der Waals surface area contributed by atoms with Gasteiger partial charge in [-0.1, -0.05) is 33.6 Å². The first-order chi connectivity index (χ1) is 10.8. The van der Waals surface area contributed by atoms with Crippen molar-refractivity contribution in [2.75, 3.05) is 17.7 Å². The summed E-state index contributed by atoms with van der Waals surface area (Å²) in [6.07, 6.45) is 0.445. The molecule has 0 fully saturated rings. The number of hydrogen-bond donors (Lipinski definition) is 2. The molecule has 1 amide bonds. The standard InChI is InChI=1S/C9H8BrF2NO.C8H11N/c1-9(11,12)7-4-6(13-5-14)2-3-8(7)10;1-7-3-5-8(9-2)6-4-7/h2-5H,1H3,(H,13,14);3-6,9H,1-2H3. The van der Waals surface area contributed by atoms with Crippen LogP contribution in [0.4, 0.5) is 20.2 Å². The highest BCUT2D eigenvalue weighted by atomic mass is 79.9. The van der Waals surface area contributed by atoms with Crippen LogP contribution in [0.5, 0.6) is 0 Å². The molecule has 2 N–H and O–H groups in total. The molecule has 0 saturated carbocycles. The topological polar surface area (TPSA) is 41.1 Å². The van der Waals surface area contributed by atoms with E-state index >= 15 is 0 Å². The van der Waals surface area contributed by atoms with Crippen LogP contribution in [0.2, 0.25) is 0 Å². The molecule has 0 aliphatic carbocycles. The van der Waals surface area contributed by atoms with Crippen molar-refractivity contribution in [3.63, 3.8) is 0 Å². The maximum Gasteiger partial charge on any atom is 0.271 e. The molecular formula is C17H19BrF2N2O. The van der Waals surface area contributed by atoms with Gasteiger partial charge < -0.3 is 10.6 Å². The van der Waals surface area contributed by atoms with Gasteiger partial charge in [0.1, 0.15) is 0 Å². The number of benzene rings is 2. The number of aryl methyl sites for hydroxylation is 1. The Bertz CT molecular complexity index is 640. The fraction of sp³-hybridized carbons (Fsp3) is 0.235. The van der Waals surface area contributed by atoms with Crippen molar-refractivity contribution in [3.05, 3.63) is 58.1 Å². The monoisotopic (exact) mass is 384 g/mol. The third kappa shape index (κ3) is 6.36. The number of alkyl halides is 2. The molecule has 6 heteroatoms. The molecular weight excluding hydrogens is 366 g/mol. The van der Waals surface area contributed by atoms with Gasteiger partial charge in [0.2, 0.25) is 6.41 Å². The van der Waals surface area contributed by atoms with E-state index in [4.69, 9.17) is 0 Å². The number of hydrogen-bond acceptors (Lipinski definition) is 2. The maximum absolute atomic E-state index is 13.0. The second kappa shape index (κ2) is 8.62. The number of carbonyl (C=O) groups is 1. The molecule has 0 atom stereocenters. The molecule has 0 spiro atoms. The van der Waals surface area contributed by atoms with E-state index in [-0.39, 0.29) is 5.56 Å². The van der Waals surface area contributed by atoms with Gasteiger partial charge in [-0.25, -0.2) is 8.78 Å². The maximum atomic E-state index is 13.0. The molecule has 0 heterocycles. The van der Waals surface area contributed by atoms with E-state index < -0.39 is 5.92 Å². The van der Waals surface area contributed by atoms with Crippen LogP contribution >= 0.6 is 15.9 Å². The van der Waals surface area contributed by atoms with Gasteiger partial charge in [-0.05, 0) is 37.3 Å². The van der Waals surface area contributed by atoms with Gasteiger partial charge in [0.05, 0.1) is 0 Å². The molecule has 0 aliphatic rings. The van der Waals surface area contributed by atoms with Gasteiger partial charge in [0.15, 0.2) is 0 Å². The highest BCUT2D eigenvalue weighted by molar-refractivity contribution is 9.10. The Hall–Kier alpha value is -1.95. The number of nitrogens with one attached hydrogen (secondary N) is 2. The molecule has 23 heavy (non-hydrogen) atoms. The predicted octanol–water partition coefficient (Wildman–Crippen LogP) is 5.17. The summed E-state index contributed by atoms with van der Waals surface area (Å²) in [6, 6.07) is 12.5. The highest BCUT2D eigenvalue weighted by Crippen LogP contribution is 2.34. The lowest BCUT2D eigenvalue weighted by molar-refractivity contribution is -0.105. The van der Waals surface area contributed by atoms with Crippen molar-refractivity contribution in [3.8, 4) is 0 Å². The van der Waals surface area contributed by atoms with E-state index in [0.29, 0.717) is 16.6 Å². The molecule has 0 bridgehead atoms. The van der Waals surface area contributed by atoms with Crippen LogP contribution in [0.3, 0.4) is 0 Å². The van der Waals surface area contributed by atoms with Crippen molar-refractivity contribution < 1.29 is 13.6 Å². The molecule has 2 aromatic rings. The van der Waals surface area contributed by atoms with Crippen LogP contribution in [-0.4, -0.2) is 13.5 Å². The number of halogens is 3. The lowest BCUT2D eigenvalue weighted by atomic mass is 10.1. The number of anilines is 2. The smallest absolute Gasteiger partial charge is 0.271 e. The van der Waals surface area contributed by atoms with Crippen molar-refractivity contribution in [1.82, 2.24) is 0 Å². The van der Waals surface area contributed by atoms with E-state index in [1.54, 1.807) is 0 Å². The molecule has 0 aliphatic heterocycles. The quantitative estimate of drug-likeness (QED) is 0.714. The van der Waals surface area contributed by atoms with Crippen LogP contribution in [0.1, 0.15) is 18.1 Å². The van der Waals surface area contributed by atoms with Gasteiger partial charge in [-0.15, -0.1) is 0 Å². The summed E-state index contributed by atoms with van der Waals surface area (Å²) in [5, 5.41) is 5.37. The predicted molar refractivity (Wildman–Crippen MR) is 94.1 cm³/mol. The average Bonchev–Trinajstić information content (AvgIpc) is 2.50. The van der Waals surface area contributed by atoms with Gasteiger partial charge in [0.25, 0.3) is 5.92 Å². The highest BCUT2D eigenvalue weighted by Gasteiger charge is 2.27. The Labute approximate surface area is 143 Å². The zero-order valence-electron chi connectivity index (χ0n) is 13.2. The summed E-state index contributed by atoms with van der Waals surface area (Å²) in [5.41, 5.74) is 2.67. The largest absolute Gasteiger partial charge is 0.388 e. The first kappa shape index (κ1) is 19.1. The van der Waals surface area contributed by atoms with Crippen LogP contribution in [-0.2, 0) is 10.7 Å². The van der Waals surface area contributed by atoms with E-state index in [0.717, 1.165) is 6.92 Å². The Morgan fingerprint density at radius 1 is 1.09 bits per heavy atom. The molecule has 0 aromatic heterocycles. The van der Waals surface area contributed by atoms with Crippen molar-refractivity contribution in [2.24, 2.45) is 0 Å². The fourth-order valence-corrected chi connectivity index (χ4v) is 2.33. The molecule has 3 nitrogen and oxygen atoms in total. The number of carbonyl (C=O) groups excluding carboxylic acids is 1. The summed E-state index contributed by atoms with van der Waals surface area (Å²) < 4.78 is 26.3. The van der Waals surface area contributed by atoms with E-state index in [2.05, 4.69) is 57.8 Å². The summed E-state index contributed by atoms with van der Waals surface area (Å²) in [5.74, 6) is -2.93. The molecule has 0 unspecified atom stereocenters. The summed E-state index contributed by atoms with van der Waals surface area (Å²) in [6.45, 7) is 2.89. The van der Waals surface area contributed by atoms with Crippen molar-refractivity contribution >= 4 is 33.7 Å². The van der Waals surface area contributed by atoms with Gasteiger partial charge in [-0.2, -0.15) is 0 Å². The van der Waals surface area contributed by atoms with E-state index in [1.165, 1.54) is 29.4 Å². The summed E-state index contributed by atoms with van der Waals surface area (Å²) >= 11 is 3.02. The van der Waals surface area contributed by atoms with Gasteiger partial charge in [-0.3, -0.25) is 4.79 Å². The Morgan fingerprint density at radius 3 is 2.13 bits per heavy atom. The van der Waals surface area contributed by atoms with Crippen LogP contribution in [0.15, 0.2) is 46.9 Å². The zero-order valence-corrected chi connectivity index (χ0v) is 14.7. The number of rotatable bonds is 4. The molecule has 124 valence electrons. The lowest BCUT2D eigenvalue weighted by Gasteiger charge is -2.13. The second-order valence-electron chi connectivity index (χ2n) is 4.96. The Morgan fingerprint density at radius 2 is 1.65 bits per heavy atom. The molecule has 2 aromatic carbocycles. The first-order valence-electron chi connectivity index (χ1n) is 6.90. The van der Waals surface area contributed by atoms with Gasteiger partial charge in [0, 0.05) is 35.4 Å². The van der Waals surface area contributed by atoms with Crippen LogP contribution < -0.4 is 10.6 Å². The molecule has 2 rings (SSSR count). The molecule has 0 saturated heterocycles. The third-order valence-electron chi connectivity index (χ3n) is 3.01. The minimum atomic E-state index is -2.93. The fourth-order valence-electron chi connectivity index (χ4n) is 1.74. The normalized spacial score (nSPS) is 10.3. The van der Waals surface area contributed by atoms with Crippen molar-refractivity contribution in [1.29, 1.82) is 0 Å². The Balaban J connectivity index is 0.000000253. The lowest BCUT2D eigenvalue weighted by Crippen LogP contribution is -2.08. The van der Waals surface area contributed by atoms with E-state index in [1.807, 2.05) is 7.05 Å². The second-order valence-corrected chi connectivity index (χ2v) is 5.82. The third-order valence-corrected chi connectivity index (χ3v) is 3.70. The first-order valence-corrected chi connectivity index (χ1v) is 7.69. The molecule has 0 radical (unpaired) electrons. The van der Waals surface area contributed by atoms with E-state index in [9.17, 15) is 13.6 Å². The van der Waals surface area contributed by atoms with Crippen molar-refractivity contribution in [2.45, 2.75) is 19.8 Å². The van der Waals surface area contributed by atoms with Crippen LogP contribution in [0, 0.1) is 6.92 Å². The van der Waals surface area contributed by atoms with Crippen LogP contribution in [0.25, 0.3) is 0 Å². The average molecular weight is 385 g/mol. The summed E-state index contributed by atoms with van der Waals surface area (Å²) in [4.78, 5) is 10.1. The minimum absolute atomic E-state index is 0.149. The SMILES string of the molecule is CC(F)(F)c1cc(NC=O)ccc1Br.CNc1ccc(C)cc1. The number of amides is 1. The van der Waals surface area contributed by atoms with Gasteiger partial charge >= 0.3 is 0 Å². The zero-order chi connectivity index (χ0) is 17.5. The summed E-state index contributed by atoms with van der Waals surface area (Å²) in [7, 11) is 1.92.